The lowest BCUT2D eigenvalue weighted by Crippen LogP contribution is -2.29. The molecule has 1 aromatic carbocycles. The molecule has 0 saturated carbocycles. The van der Waals surface area contributed by atoms with Crippen molar-refractivity contribution in [3.8, 4) is 0 Å². The minimum Gasteiger partial charge on any atom is -0.463 e. The molecule has 1 aliphatic rings. The van der Waals surface area contributed by atoms with Gasteiger partial charge in [0.2, 0.25) is 0 Å². The van der Waals surface area contributed by atoms with Crippen LogP contribution in [-0.4, -0.2) is 23.2 Å². The molecule has 0 aliphatic carbocycles. The van der Waals surface area contributed by atoms with E-state index in [2.05, 4.69) is 17.8 Å². The monoisotopic (exact) mass is 276 g/mol. The lowest BCUT2D eigenvalue weighted by atomic mass is 9.96. The number of hydrogen-bond donors (Lipinski definition) is 1. The highest BCUT2D eigenvalue weighted by atomic mass is 32.1. The van der Waals surface area contributed by atoms with Crippen molar-refractivity contribution >= 4 is 25.1 Å². The van der Waals surface area contributed by atoms with E-state index in [0.717, 1.165) is 5.56 Å². The number of nitrogens with zero attached hydrogens (tertiary/aromatic N) is 2. The van der Waals surface area contributed by atoms with Gasteiger partial charge in [0.1, 0.15) is 12.4 Å². The van der Waals surface area contributed by atoms with Crippen molar-refractivity contribution in [1.82, 2.24) is 4.31 Å². The average Bonchev–Trinajstić information content (AvgIpc) is 2.42. The van der Waals surface area contributed by atoms with Gasteiger partial charge < -0.3 is 4.74 Å². The first-order valence-corrected chi connectivity index (χ1v) is 6.49. The second-order valence-corrected chi connectivity index (χ2v) is 4.62. The van der Waals surface area contributed by atoms with Crippen LogP contribution >= 0.6 is 12.8 Å². The van der Waals surface area contributed by atoms with Crippen LogP contribution in [0.3, 0.4) is 0 Å². The molecule has 1 aliphatic heterocycles. The SMILES string of the molecule is CCOC(=O)C1=C(C)N=CN(S)C1c1ccccc1. The van der Waals surface area contributed by atoms with E-state index >= 15 is 0 Å². The number of aliphatic imine (C=N–C) groups is 1. The number of esters is 1. The van der Waals surface area contributed by atoms with E-state index in [1.165, 1.54) is 0 Å². The zero-order valence-electron chi connectivity index (χ0n) is 10.9. The molecule has 0 radical (unpaired) electrons. The third-order valence-electron chi connectivity index (χ3n) is 2.91. The van der Waals surface area contributed by atoms with E-state index in [0.29, 0.717) is 17.9 Å². The van der Waals surface area contributed by atoms with Gasteiger partial charge in [-0.2, -0.15) is 0 Å². The second-order valence-electron chi connectivity index (χ2n) is 4.16. The summed E-state index contributed by atoms with van der Waals surface area (Å²) in [6.07, 6.45) is 1.61. The molecular formula is C14H16N2O2S. The van der Waals surface area contributed by atoms with Crippen LogP contribution in [0.2, 0.25) is 0 Å². The summed E-state index contributed by atoms with van der Waals surface area (Å²) in [6.45, 7) is 3.93. The van der Waals surface area contributed by atoms with Gasteiger partial charge in [-0.05, 0) is 19.4 Å². The molecule has 5 heteroatoms. The summed E-state index contributed by atoms with van der Waals surface area (Å²) in [4.78, 5) is 16.3. The van der Waals surface area contributed by atoms with Gasteiger partial charge in [0, 0.05) is 0 Å². The topological polar surface area (TPSA) is 41.9 Å². The molecule has 19 heavy (non-hydrogen) atoms. The number of hydrogen-bond acceptors (Lipinski definition) is 5. The Morgan fingerprint density at radius 3 is 2.74 bits per heavy atom. The fraction of sp³-hybridized carbons (Fsp3) is 0.286. The maximum atomic E-state index is 12.1. The highest BCUT2D eigenvalue weighted by molar-refractivity contribution is 7.78. The van der Waals surface area contributed by atoms with Crippen LogP contribution in [0.5, 0.6) is 0 Å². The largest absolute Gasteiger partial charge is 0.463 e. The van der Waals surface area contributed by atoms with Crippen LogP contribution in [0.15, 0.2) is 46.6 Å². The molecule has 0 spiro atoms. The van der Waals surface area contributed by atoms with Gasteiger partial charge in [-0.25, -0.2) is 9.79 Å². The summed E-state index contributed by atoms with van der Waals surface area (Å²) in [5.41, 5.74) is 2.18. The summed E-state index contributed by atoms with van der Waals surface area (Å²) in [6, 6.07) is 9.44. The fourth-order valence-electron chi connectivity index (χ4n) is 2.04. The molecule has 4 nitrogen and oxygen atoms in total. The van der Waals surface area contributed by atoms with Crippen molar-refractivity contribution in [3.05, 3.63) is 47.2 Å². The predicted molar refractivity (Wildman–Crippen MR) is 77.8 cm³/mol. The molecule has 1 atom stereocenters. The number of allylic oxidation sites excluding steroid dienone is 1. The maximum absolute atomic E-state index is 12.1. The lowest BCUT2D eigenvalue weighted by molar-refractivity contribution is -0.139. The molecule has 1 heterocycles. The zero-order valence-corrected chi connectivity index (χ0v) is 11.8. The number of thiol groups is 1. The van der Waals surface area contributed by atoms with E-state index in [9.17, 15) is 4.79 Å². The van der Waals surface area contributed by atoms with Crippen molar-refractivity contribution < 1.29 is 9.53 Å². The maximum Gasteiger partial charge on any atom is 0.338 e. The van der Waals surface area contributed by atoms with E-state index < -0.39 is 0 Å². The van der Waals surface area contributed by atoms with Crippen LogP contribution < -0.4 is 0 Å². The highest BCUT2D eigenvalue weighted by Crippen LogP contribution is 2.34. The Kier molecular flexibility index (Phi) is 4.27. The first kappa shape index (κ1) is 13.7. The van der Waals surface area contributed by atoms with Crippen LogP contribution in [-0.2, 0) is 9.53 Å². The van der Waals surface area contributed by atoms with Crippen LogP contribution in [0.25, 0.3) is 0 Å². The molecule has 0 fully saturated rings. The van der Waals surface area contributed by atoms with Gasteiger partial charge in [0.25, 0.3) is 0 Å². The van der Waals surface area contributed by atoms with Crippen molar-refractivity contribution in [1.29, 1.82) is 0 Å². The Bertz CT molecular complexity index is 526. The number of carbonyl (C=O) groups excluding carboxylic acids is 1. The Morgan fingerprint density at radius 1 is 1.42 bits per heavy atom. The minimum atomic E-state index is -0.343. The van der Waals surface area contributed by atoms with Gasteiger partial charge in [-0.3, -0.25) is 4.31 Å². The average molecular weight is 276 g/mol. The summed E-state index contributed by atoms with van der Waals surface area (Å²) >= 11 is 4.37. The molecule has 0 amide bonds. The molecule has 0 aromatic heterocycles. The second kappa shape index (κ2) is 5.93. The van der Waals surface area contributed by atoms with E-state index in [1.54, 1.807) is 24.5 Å². The van der Waals surface area contributed by atoms with Gasteiger partial charge in [-0.1, -0.05) is 43.1 Å². The van der Waals surface area contributed by atoms with Crippen molar-refractivity contribution in [2.24, 2.45) is 4.99 Å². The smallest absolute Gasteiger partial charge is 0.338 e. The van der Waals surface area contributed by atoms with Crippen molar-refractivity contribution in [2.45, 2.75) is 19.9 Å². The van der Waals surface area contributed by atoms with Crippen molar-refractivity contribution in [2.75, 3.05) is 6.61 Å². The third-order valence-corrected chi connectivity index (χ3v) is 3.24. The Balaban J connectivity index is 2.44. The number of rotatable bonds is 3. The molecule has 0 N–H and O–H groups in total. The van der Waals surface area contributed by atoms with E-state index in [1.807, 2.05) is 30.3 Å². The number of benzene rings is 1. The van der Waals surface area contributed by atoms with Crippen molar-refractivity contribution in [3.63, 3.8) is 0 Å². The van der Waals surface area contributed by atoms with Crippen LogP contribution in [0, 0.1) is 0 Å². The molecule has 0 saturated heterocycles. The van der Waals surface area contributed by atoms with E-state index in [-0.39, 0.29) is 12.0 Å². The van der Waals surface area contributed by atoms with Gasteiger partial charge in [0.05, 0.1) is 17.9 Å². The van der Waals surface area contributed by atoms with Gasteiger partial charge >= 0.3 is 5.97 Å². The molecule has 1 unspecified atom stereocenters. The van der Waals surface area contributed by atoms with Gasteiger partial charge in [-0.15, -0.1) is 0 Å². The first-order chi connectivity index (χ1) is 9.15. The number of carbonyl (C=O) groups is 1. The van der Waals surface area contributed by atoms with E-state index in [4.69, 9.17) is 4.74 Å². The summed E-state index contributed by atoms with van der Waals surface area (Å²) in [7, 11) is 0. The predicted octanol–water partition coefficient (Wildman–Crippen LogP) is 2.75. The summed E-state index contributed by atoms with van der Waals surface area (Å²) in [5, 5.41) is 0. The standard InChI is InChI=1S/C14H16N2O2S/c1-3-18-14(17)12-10(2)15-9-16(19)13(12)11-7-5-4-6-8-11/h4-9,13,19H,3H2,1-2H3. The fourth-order valence-corrected chi connectivity index (χ4v) is 2.34. The highest BCUT2D eigenvalue weighted by Gasteiger charge is 2.31. The Hall–Kier alpha value is -1.75. The normalized spacial score (nSPS) is 18.7. The summed E-state index contributed by atoms with van der Waals surface area (Å²) < 4.78 is 6.74. The lowest BCUT2D eigenvalue weighted by Gasteiger charge is -2.30. The zero-order chi connectivity index (χ0) is 13.8. The minimum absolute atomic E-state index is 0.277. The Morgan fingerprint density at radius 2 is 2.11 bits per heavy atom. The van der Waals surface area contributed by atoms with Gasteiger partial charge in [0.15, 0.2) is 0 Å². The number of ether oxygens (including phenoxy) is 1. The quantitative estimate of drug-likeness (QED) is 0.682. The first-order valence-electron chi connectivity index (χ1n) is 6.09. The molecule has 2 rings (SSSR count). The van der Waals surface area contributed by atoms with Crippen LogP contribution in [0.4, 0.5) is 0 Å². The summed E-state index contributed by atoms with van der Waals surface area (Å²) in [5.74, 6) is -0.343. The third kappa shape index (κ3) is 2.81. The van der Waals surface area contributed by atoms with Crippen LogP contribution in [0.1, 0.15) is 25.5 Å². The molecule has 0 bridgehead atoms. The molecule has 100 valence electrons. The molecular weight excluding hydrogens is 260 g/mol. The Labute approximate surface area is 118 Å². The molecule has 1 aromatic rings.